The molecule has 8 N–H and O–H groups in total. The molecule has 48 heavy (non-hydrogen) atoms. The topological polar surface area (TPSA) is 242 Å². The first-order valence-corrected chi connectivity index (χ1v) is 17.3. The Morgan fingerprint density at radius 1 is 0.729 bits per heavy atom. The average Bonchev–Trinajstić information content (AvgIpc) is 3.34. The highest BCUT2D eigenvalue weighted by molar-refractivity contribution is 5.97. The van der Waals surface area contributed by atoms with Crippen molar-refractivity contribution in [1.29, 1.82) is 0 Å². The highest BCUT2D eigenvalue weighted by Crippen LogP contribution is 2.32. The third-order valence-corrected chi connectivity index (χ3v) is 9.46. The monoisotopic (exact) mass is 692 g/mol. The number of hydrogen-bond acceptors (Lipinski definition) is 14. The summed E-state index contributed by atoms with van der Waals surface area (Å²) in [4.78, 5) is 23.0. The van der Waals surface area contributed by atoms with E-state index in [2.05, 4.69) is 6.58 Å². The van der Waals surface area contributed by atoms with Crippen LogP contribution in [0.25, 0.3) is 0 Å². The molecule has 278 valence electrons. The number of carboxylic acid groups (broad SMARTS) is 1. The number of cyclic esters (lactones) is 1. The van der Waals surface area contributed by atoms with Gasteiger partial charge in [-0.2, -0.15) is 0 Å². The molecule has 3 rings (SSSR count). The lowest BCUT2D eigenvalue weighted by atomic mass is 9.93. The fraction of sp³-hybridized carbons (Fsp3) is 0.879. The van der Waals surface area contributed by atoms with Crippen molar-refractivity contribution >= 4 is 11.9 Å². The fourth-order valence-electron chi connectivity index (χ4n) is 6.49. The number of ether oxygens (including phenoxy) is 5. The molecule has 0 aromatic carbocycles. The number of carbonyl (C=O) groups is 2. The molecule has 0 bridgehead atoms. The molecule has 0 saturated carbocycles. The first-order valence-electron chi connectivity index (χ1n) is 17.3. The second kappa shape index (κ2) is 20.2. The van der Waals surface area contributed by atoms with E-state index in [1.165, 1.54) is 0 Å². The zero-order valence-corrected chi connectivity index (χ0v) is 27.8. The number of esters is 1. The molecule has 3 aliphatic heterocycles. The van der Waals surface area contributed by atoms with E-state index < -0.39 is 98.6 Å². The summed E-state index contributed by atoms with van der Waals surface area (Å²) >= 11 is 0. The fourth-order valence-corrected chi connectivity index (χ4v) is 6.49. The average molecular weight is 693 g/mol. The first kappa shape index (κ1) is 40.7. The van der Waals surface area contributed by atoms with Gasteiger partial charge < -0.3 is 64.5 Å². The molecule has 13 atom stereocenters. The molecule has 0 aliphatic carbocycles. The Kier molecular flexibility index (Phi) is 17.1. The summed E-state index contributed by atoms with van der Waals surface area (Å²) in [6.07, 6.45) is -3.19. The van der Waals surface area contributed by atoms with Gasteiger partial charge in [-0.3, -0.25) is 4.79 Å². The maximum absolute atomic E-state index is 11.6. The van der Waals surface area contributed by atoms with Gasteiger partial charge in [-0.25, -0.2) is 4.79 Å². The van der Waals surface area contributed by atoms with Gasteiger partial charge in [-0.05, 0) is 26.2 Å². The lowest BCUT2D eigenvalue weighted by Gasteiger charge is -2.46. The van der Waals surface area contributed by atoms with E-state index >= 15 is 0 Å². The van der Waals surface area contributed by atoms with Crippen molar-refractivity contribution in [2.45, 2.75) is 164 Å². The summed E-state index contributed by atoms with van der Waals surface area (Å²) in [6.45, 7) is 4.09. The Morgan fingerprint density at radius 2 is 1.25 bits per heavy atom. The van der Waals surface area contributed by atoms with E-state index in [-0.39, 0.29) is 11.7 Å². The van der Waals surface area contributed by atoms with Crippen LogP contribution in [0, 0.1) is 5.92 Å². The number of aliphatic hydroxyl groups excluding tert-OH is 7. The Morgan fingerprint density at radius 3 is 1.81 bits per heavy atom. The van der Waals surface area contributed by atoms with Gasteiger partial charge in [0, 0.05) is 5.57 Å². The van der Waals surface area contributed by atoms with E-state index in [1.807, 2.05) is 6.92 Å². The van der Waals surface area contributed by atoms with Gasteiger partial charge in [-0.1, -0.05) is 70.8 Å². The molecule has 0 aromatic heterocycles. The van der Waals surface area contributed by atoms with Crippen LogP contribution in [0.5, 0.6) is 0 Å². The third kappa shape index (κ3) is 11.1. The summed E-state index contributed by atoms with van der Waals surface area (Å²) in [5, 5.41) is 80.4. The highest BCUT2D eigenvalue weighted by atomic mass is 16.7. The van der Waals surface area contributed by atoms with Crippen LogP contribution in [0.3, 0.4) is 0 Å². The lowest BCUT2D eigenvalue weighted by Crippen LogP contribution is -2.65. The zero-order chi connectivity index (χ0) is 35.4. The van der Waals surface area contributed by atoms with Crippen LogP contribution in [0.15, 0.2) is 12.2 Å². The number of hydrogen-bond donors (Lipinski definition) is 8. The summed E-state index contributed by atoms with van der Waals surface area (Å²) < 4.78 is 27.6. The molecular weight excluding hydrogens is 636 g/mol. The number of aliphatic hydroxyl groups is 7. The van der Waals surface area contributed by atoms with Crippen molar-refractivity contribution in [2.75, 3.05) is 13.2 Å². The number of carbonyl (C=O) groups excluding carboxylic acids is 1. The maximum Gasteiger partial charge on any atom is 0.334 e. The van der Waals surface area contributed by atoms with E-state index in [1.54, 1.807) is 0 Å². The zero-order valence-electron chi connectivity index (χ0n) is 27.8. The quantitative estimate of drug-likeness (QED) is 0.0457. The van der Waals surface area contributed by atoms with Gasteiger partial charge in [0.2, 0.25) is 0 Å². The van der Waals surface area contributed by atoms with Crippen LogP contribution in [0.4, 0.5) is 0 Å². The molecule has 0 aromatic rings. The van der Waals surface area contributed by atoms with Gasteiger partial charge >= 0.3 is 11.9 Å². The number of aliphatic carboxylic acids is 1. The minimum absolute atomic E-state index is 0.0292. The number of unbranched alkanes of at least 4 members (excludes halogenated alkanes) is 10. The van der Waals surface area contributed by atoms with Crippen LogP contribution in [-0.2, 0) is 33.3 Å². The van der Waals surface area contributed by atoms with E-state index in [0.29, 0.717) is 12.8 Å². The maximum atomic E-state index is 11.6. The molecule has 3 aliphatic rings. The smallest absolute Gasteiger partial charge is 0.334 e. The minimum Gasteiger partial charge on any atom is -0.481 e. The lowest BCUT2D eigenvalue weighted by molar-refractivity contribution is -0.363. The summed E-state index contributed by atoms with van der Waals surface area (Å²) in [6, 6.07) is 0. The number of rotatable bonds is 21. The van der Waals surface area contributed by atoms with Gasteiger partial charge in [-0.15, -0.1) is 0 Å². The van der Waals surface area contributed by atoms with Crippen LogP contribution in [0.1, 0.15) is 90.4 Å². The predicted molar refractivity (Wildman–Crippen MR) is 167 cm³/mol. The molecule has 13 unspecified atom stereocenters. The van der Waals surface area contributed by atoms with Crippen molar-refractivity contribution in [1.82, 2.24) is 0 Å². The Balaban J connectivity index is 1.26. The molecule has 0 spiro atoms. The van der Waals surface area contributed by atoms with Crippen molar-refractivity contribution in [2.24, 2.45) is 5.92 Å². The Labute approximate surface area is 281 Å². The third-order valence-electron chi connectivity index (χ3n) is 9.46. The number of carboxylic acids is 1. The van der Waals surface area contributed by atoms with Gasteiger partial charge in [0.05, 0.1) is 19.3 Å². The molecule has 3 saturated heterocycles. The van der Waals surface area contributed by atoms with Crippen LogP contribution in [0.2, 0.25) is 0 Å². The summed E-state index contributed by atoms with van der Waals surface area (Å²) in [5.74, 6) is -2.61. The molecular formula is C33H56O15. The van der Waals surface area contributed by atoms with Gasteiger partial charge in [0.1, 0.15) is 60.9 Å². The standard InChI is InChI=1S/C33H56O15/c1-18(14-12-10-8-6-4-3-5-7-9-11-13-15-20-23(30(41)42)19(2)31(43)45-20)44-33-28(40)29(25(37)22(17-35)47-33)48-32-27(39)26(38)24(36)21(16-34)46-32/h18,20-29,32-40H,2-17H2,1H3,(H,41,42). The van der Waals surface area contributed by atoms with Gasteiger partial charge in [0.15, 0.2) is 12.6 Å². The SMILES string of the molecule is C=C1C(=O)OC(CCCCCCCCCCCCCC(C)OC2OC(CO)C(O)C(OC3OC(CO)C(O)C(O)C3O)C2O)C1C(=O)O. The largest absolute Gasteiger partial charge is 0.481 e. The molecule has 0 radical (unpaired) electrons. The molecule has 3 fully saturated rings. The van der Waals surface area contributed by atoms with Crippen molar-refractivity contribution < 1.29 is 74.1 Å². The van der Waals surface area contributed by atoms with E-state index in [9.17, 15) is 50.4 Å². The second-order valence-corrected chi connectivity index (χ2v) is 13.2. The second-order valence-electron chi connectivity index (χ2n) is 13.2. The van der Waals surface area contributed by atoms with Crippen LogP contribution >= 0.6 is 0 Å². The van der Waals surface area contributed by atoms with Crippen LogP contribution in [-0.4, -0.2) is 140 Å². The molecule has 0 amide bonds. The van der Waals surface area contributed by atoms with Crippen molar-refractivity contribution in [3.05, 3.63) is 12.2 Å². The summed E-state index contributed by atoms with van der Waals surface area (Å²) in [5.41, 5.74) is 0.0292. The molecule has 15 nitrogen and oxygen atoms in total. The van der Waals surface area contributed by atoms with E-state index in [0.717, 1.165) is 70.6 Å². The Hall–Kier alpha value is -1.76. The normalized spacial score (nSPS) is 36.2. The molecule has 15 heteroatoms. The first-order chi connectivity index (χ1) is 22.9. The van der Waals surface area contributed by atoms with Crippen molar-refractivity contribution in [3.63, 3.8) is 0 Å². The highest BCUT2D eigenvalue weighted by Gasteiger charge is 2.51. The van der Waals surface area contributed by atoms with Gasteiger partial charge in [0.25, 0.3) is 0 Å². The predicted octanol–water partition coefficient (Wildman–Crippen LogP) is 0.269. The molecule has 3 heterocycles. The van der Waals surface area contributed by atoms with Crippen molar-refractivity contribution in [3.8, 4) is 0 Å². The van der Waals surface area contributed by atoms with E-state index in [4.69, 9.17) is 23.7 Å². The minimum atomic E-state index is -1.74. The summed E-state index contributed by atoms with van der Waals surface area (Å²) in [7, 11) is 0. The Bertz CT molecular complexity index is 994. The van der Waals surface area contributed by atoms with Crippen LogP contribution < -0.4 is 0 Å².